The molecule has 5 nitrogen and oxygen atoms in total. The highest BCUT2D eigenvalue weighted by atomic mass is 127. The fourth-order valence-corrected chi connectivity index (χ4v) is 2.31. The van der Waals surface area contributed by atoms with E-state index in [4.69, 9.17) is 11.2 Å². The van der Waals surface area contributed by atoms with Gasteiger partial charge in [0.25, 0.3) is 0 Å². The van der Waals surface area contributed by atoms with Gasteiger partial charge in [-0.3, -0.25) is 4.99 Å². The maximum Gasteiger partial charge on any atom is 0.192 e. The quantitative estimate of drug-likeness (QED) is 0.287. The van der Waals surface area contributed by atoms with Gasteiger partial charge in [-0.1, -0.05) is 5.92 Å². The number of hydrogen-bond acceptors (Lipinski definition) is 3. The van der Waals surface area contributed by atoms with Gasteiger partial charge in [0, 0.05) is 26.7 Å². The van der Waals surface area contributed by atoms with Crippen molar-refractivity contribution in [2.24, 2.45) is 10.9 Å². The van der Waals surface area contributed by atoms with Crippen LogP contribution in [0.5, 0.6) is 0 Å². The summed E-state index contributed by atoms with van der Waals surface area (Å²) >= 11 is 0. The standard InChI is InChI=1S/C15H28N4O.HI/c1-4-8-17-15(16-5-2)18-13-14-6-9-19(10-7-14)11-12-20-3;/h1,14H,5-13H2,2-3H3,(H2,16,17,18);1H. The van der Waals surface area contributed by atoms with Gasteiger partial charge >= 0.3 is 0 Å². The number of likely N-dealkylation sites (tertiary alicyclic amines) is 1. The highest BCUT2D eigenvalue weighted by Gasteiger charge is 2.18. The Morgan fingerprint density at radius 2 is 2.10 bits per heavy atom. The summed E-state index contributed by atoms with van der Waals surface area (Å²) < 4.78 is 5.12. The number of hydrogen-bond donors (Lipinski definition) is 2. The Balaban J connectivity index is 0.00000400. The van der Waals surface area contributed by atoms with Crippen LogP contribution in [0.25, 0.3) is 0 Å². The van der Waals surface area contributed by atoms with Crippen molar-refractivity contribution in [3.8, 4) is 12.3 Å². The monoisotopic (exact) mass is 408 g/mol. The number of aliphatic imine (C=N–C) groups is 1. The van der Waals surface area contributed by atoms with Crippen molar-refractivity contribution in [2.45, 2.75) is 19.8 Å². The van der Waals surface area contributed by atoms with E-state index in [1.165, 1.54) is 12.8 Å². The molecule has 6 heteroatoms. The van der Waals surface area contributed by atoms with Crippen LogP contribution in [0.1, 0.15) is 19.8 Å². The topological polar surface area (TPSA) is 48.9 Å². The number of terminal acetylenes is 1. The molecule has 122 valence electrons. The van der Waals surface area contributed by atoms with Crippen LogP contribution in [-0.4, -0.2) is 63.8 Å². The Hall–Kier alpha value is -0.520. The van der Waals surface area contributed by atoms with Gasteiger partial charge in [0.1, 0.15) is 0 Å². The molecule has 1 saturated heterocycles. The van der Waals surface area contributed by atoms with Crippen molar-refractivity contribution in [1.82, 2.24) is 15.5 Å². The molecule has 1 rings (SSSR count). The third kappa shape index (κ3) is 9.17. The van der Waals surface area contributed by atoms with Gasteiger partial charge in [-0.15, -0.1) is 30.4 Å². The van der Waals surface area contributed by atoms with Crippen molar-refractivity contribution in [1.29, 1.82) is 0 Å². The fourth-order valence-electron chi connectivity index (χ4n) is 2.31. The molecule has 1 heterocycles. The highest BCUT2D eigenvalue weighted by Crippen LogP contribution is 2.17. The Morgan fingerprint density at radius 3 is 2.67 bits per heavy atom. The van der Waals surface area contributed by atoms with Gasteiger partial charge in [0.15, 0.2) is 5.96 Å². The van der Waals surface area contributed by atoms with Gasteiger partial charge in [-0.25, -0.2) is 0 Å². The molecule has 0 atom stereocenters. The van der Waals surface area contributed by atoms with E-state index in [2.05, 4.69) is 33.4 Å². The molecule has 2 N–H and O–H groups in total. The SMILES string of the molecule is C#CCNC(=NCC1CCN(CCOC)CC1)NCC.I. The molecule has 1 fully saturated rings. The van der Waals surface area contributed by atoms with E-state index in [1.54, 1.807) is 7.11 Å². The van der Waals surface area contributed by atoms with Crippen LogP contribution in [0.2, 0.25) is 0 Å². The zero-order chi connectivity index (χ0) is 14.6. The lowest BCUT2D eigenvalue weighted by Crippen LogP contribution is -2.39. The summed E-state index contributed by atoms with van der Waals surface area (Å²) in [7, 11) is 1.76. The minimum atomic E-state index is 0. The summed E-state index contributed by atoms with van der Waals surface area (Å²) in [5.41, 5.74) is 0. The number of nitrogens with one attached hydrogen (secondary N) is 2. The first-order valence-electron chi connectivity index (χ1n) is 7.47. The molecule has 0 bridgehead atoms. The summed E-state index contributed by atoms with van der Waals surface area (Å²) in [6, 6.07) is 0. The molecule has 1 aliphatic rings. The molecular formula is C15H29IN4O. The Kier molecular flexibility index (Phi) is 12.8. The van der Waals surface area contributed by atoms with E-state index < -0.39 is 0 Å². The number of rotatable bonds is 7. The molecule has 0 saturated carbocycles. The lowest BCUT2D eigenvalue weighted by atomic mass is 9.97. The predicted molar refractivity (Wildman–Crippen MR) is 99.3 cm³/mol. The van der Waals surface area contributed by atoms with Gasteiger partial charge in [-0.2, -0.15) is 0 Å². The number of methoxy groups -OCH3 is 1. The Bertz CT molecular complexity index is 322. The summed E-state index contributed by atoms with van der Waals surface area (Å²) in [6.45, 7) is 8.46. The second-order valence-corrected chi connectivity index (χ2v) is 5.06. The molecule has 0 aromatic heterocycles. The second-order valence-electron chi connectivity index (χ2n) is 5.06. The van der Waals surface area contributed by atoms with Crippen molar-refractivity contribution >= 4 is 29.9 Å². The lowest BCUT2D eigenvalue weighted by molar-refractivity contribution is 0.121. The van der Waals surface area contributed by atoms with E-state index in [-0.39, 0.29) is 24.0 Å². The van der Waals surface area contributed by atoms with Crippen molar-refractivity contribution in [3.63, 3.8) is 0 Å². The number of ether oxygens (including phenoxy) is 1. The third-order valence-electron chi connectivity index (χ3n) is 3.53. The molecule has 0 spiro atoms. The second kappa shape index (κ2) is 13.2. The molecule has 0 unspecified atom stereocenters. The van der Waals surface area contributed by atoms with Gasteiger partial charge in [0.05, 0.1) is 13.2 Å². The molecule has 0 aromatic carbocycles. The average molecular weight is 408 g/mol. The van der Waals surface area contributed by atoms with E-state index in [0.29, 0.717) is 12.5 Å². The first kappa shape index (κ1) is 20.5. The van der Waals surface area contributed by atoms with Crippen molar-refractivity contribution in [3.05, 3.63) is 0 Å². The van der Waals surface area contributed by atoms with Crippen LogP contribution in [0.15, 0.2) is 4.99 Å². The summed E-state index contributed by atoms with van der Waals surface area (Å²) in [5, 5.41) is 6.33. The van der Waals surface area contributed by atoms with Crippen LogP contribution in [0.4, 0.5) is 0 Å². The predicted octanol–water partition coefficient (Wildman–Crippen LogP) is 1.15. The zero-order valence-corrected chi connectivity index (χ0v) is 15.6. The Labute approximate surface area is 146 Å². The van der Waals surface area contributed by atoms with E-state index in [9.17, 15) is 0 Å². The third-order valence-corrected chi connectivity index (χ3v) is 3.53. The molecular weight excluding hydrogens is 379 g/mol. The van der Waals surface area contributed by atoms with Crippen LogP contribution in [0, 0.1) is 18.3 Å². The largest absolute Gasteiger partial charge is 0.383 e. The van der Waals surface area contributed by atoms with E-state index >= 15 is 0 Å². The Morgan fingerprint density at radius 1 is 1.38 bits per heavy atom. The first-order valence-corrected chi connectivity index (χ1v) is 7.47. The van der Waals surface area contributed by atoms with Crippen molar-refractivity contribution in [2.75, 3.05) is 53.0 Å². The smallest absolute Gasteiger partial charge is 0.192 e. The van der Waals surface area contributed by atoms with E-state index in [1.807, 2.05) is 0 Å². The van der Waals surface area contributed by atoms with Crippen molar-refractivity contribution < 1.29 is 4.74 Å². The fraction of sp³-hybridized carbons (Fsp3) is 0.800. The van der Waals surface area contributed by atoms with E-state index in [0.717, 1.165) is 45.3 Å². The number of piperidine rings is 1. The zero-order valence-electron chi connectivity index (χ0n) is 13.2. The first-order chi connectivity index (χ1) is 9.80. The minimum absolute atomic E-state index is 0. The highest BCUT2D eigenvalue weighted by molar-refractivity contribution is 14.0. The molecule has 21 heavy (non-hydrogen) atoms. The molecule has 0 amide bonds. The minimum Gasteiger partial charge on any atom is -0.383 e. The number of nitrogens with zero attached hydrogens (tertiary/aromatic N) is 2. The van der Waals surface area contributed by atoms with Gasteiger partial charge in [0.2, 0.25) is 0 Å². The number of guanidine groups is 1. The summed E-state index contributed by atoms with van der Waals surface area (Å²) in [5.74, 6) is 4.07. The van der Waals surface area contributed by atoms with Crippen LogP contribution in [0.3, 0.4) is 0 Å². The van der Waals surface area contributed by atoms with Gasteiger partial charge in [-0.05, 0) is 38.8 Å². The average Bonchev–Trinajstić information content (AvgIpc) is 2.49. The molecule has 1 aliphatic heterocycles. The summed E-state index contributed by atoms with van der Waals surface area (Å²) in [4.78, 5) is 7.08. The normalized spacial score (nSPS) is 16.9. The molecule has 0 aromatic rings. The van der Waals surface area contributed by atoms with Gasteiger partial charge < -0.3 is 20.3 Å². The van der Waals surface area contributed by atoms with Crippen LogP contribution in [-0.2, 0) is 4.74 Å². The van der Waals surface area contributed by atoms with Crippen LogP contribution < -0.4 is 10.6 Å². The molecule has 0 aliphatic carbocycles. The maximum atomic E-state index is 5.26. The maximum absolute atomic E-state index is 5.26. The molecule has 0 radical (unpaired) electrons. The summed E-state index contributed by atoms with van der Waals surface area (Å²) in [6.07, 6.45) is 7.68. The lowest BCUT2D eigenvalue weighted by Gasteiger charge is -2.31. The number of halogens is 1. The van der Waals surface area contributed by atoms with Crippen LogP contribution >= 0.6 is 24.0 Å².